The molecule has 20 heavy (non-hydrogen) atoms. The largest absolute Gasteiger partial charge is 0.327 e. The van der Waals surface area contributed by atoms with E-state index in [0.717, 1.165) is 27.8 Å². The molecule has 0 spiro atoms. The monoisotopic (exact) mass is 339 g/mol. The van der Waals surface area contributed by atoms with Crippen LogP contribution in [0.2, 0.25) is 0 Å². The second kappa shape index (κ2) is 6.06. The highest BCUT2D eigenvalue weighted by Gasteiger charge is 2.14. The molecule has 0 saturated carbocycles. The van der Waals surface area contributed by atoms with Crippen molar-refractivity contribution in [3.05, 3.63) is 51.0 Å². The van der Waals surface area contributed by atoms with Gasteiger partial charge >= 0.3 is 0 Å². The Kier molecular flexibility index (Phi) is 4.60. The molecule has 2 aromatic rings. The smallest absolute Gasteiger partial charge is 0.124 e. The van der Waals surface area contributed by atoms with E-state index >= 15 is 0 Å². The Labute approximate surface area is 127 Å². The van der Waals surface area contributed by atoms with Crippen LogP contribution in [-0.4, -0.2) is 15.8 Å². The number of nitrogens with zero attached hydrogens (tertiary/aromatic N) is 2. The van der Waals surface area contributed by atoms with Crippen molar-refractivity contribution in [2.45, 2.75) is 32.7 Å². The number of halogens is 2. The van der Waals surface area contributed by atoms with Gasteiger partial charge in [0.05, 0.1) is 5.69 Å². The Hall–Kier alpha value is -1.20. The Morgan fingerprint density at radius 3 is 2.55 bits per heavy atom. The molecule has 1 unspecified atom stereocenters. The third-order valence-electron chi connectivity index (χ3n) is 3.55. The summed E-state index contributed by atoms with van der Waals surface area (Å²) in [5, 5.41) is 4.39. The summed E-state index contributed by atoms with van der Waals surface area (Å²) in [5.74, 6) is -0.240. The van der Waals surface area contributed by atoms with Crippen molar-refractivity contribution in [1.82, 2.24) is 9.78 Å². The summed E-state index contributed by atoms with van der Waals surface area (Å²) < 4.78 is 16.0. The molecule has 1 aromatic carbocycles. The first-order valence-electron chi connectivity index (χ1n) is 6.56. The topological polar surface area (TPSA) is 43.8 Å². The van der Waals surface area contributed by atoms with E-state index in [0.29, 0.717) is 6.42 Å². The van der Waals surface area contributed by atoms with Crippen LogP contribution in [0.1, 0.15) is 22.5 Å². The molecule has 108 valence electrons. The van der Waals surface area contributed by atoms with Crippen molar-refractivity contribution in [3.8, 4) is 0 Å². The van der Waals surface area contributed by atoms with Gasteiger partial charge in [0.1, 0.15) is 5.82 Å². The van der Waals surface area contributed by atoms with E-state index in [4.69, 9.17) is 5.73 Å². The Morgan fingerprint density at radius 2 is 2.00 bits per heavy atom. The molecule has 0 aliphatic carbocycles. The number of aromatic nitrogens is 2. The fourth-order valence-electron chi connectivity index (χ4n) is 2.48. The average Bonchev–Trinajstić information content (AvgIpc) is 2.54. The molecule has 0 fully saturated rings. The lowest BCUT2D eigenvalue weighted by Crippen LogP contribution is -2.26. The molecule has 0 aliphatic rings. The van der Waals surface area contributed by atoms with Crippen LogP contribution in [0.15, 0.2) is 22.7 Å². The van der Waals surface area contributed by atoms with Crippen molar-refractivity contribution in [2.24, 2.45) is 12.8 Å². The highest BCUT2D eigenvalue weighted by atomic mass is 79.9. The highest BCUT2D eigenvalue weighted by Crippen LogP contribution is 2.18. The molecule has 0 radical (unpaired) electrons. The summed E-state index contributed by atoms with van der Waals surface area (Å²) >= 11 is 3.30. The first-order chi connectivity index (χ1) is 9.36. The lowest BCUT2D eigenvalue weighted by Gasteiger charge is -2.12. The quantitative estimate of drug-likeness (QED) is 0.930. The van der Waals surface area contributed by atoms with Gasteiger partial charge in [0, 0.05) is 23.3 Å². The van der Waals surface area contributed by atoms with E-state index in [-0.39, 0.29) is 11.9 Å². The van der Waals surface area contributed by atoms with Crippen molar-refractivity contribution in [2.75, 3.05) is 0 Å². The fourth-order valence-corrected chi connectivity index (χ4v) is 2.99. The van der Waals surface area contributed by atoms with Crippen LogP contribution >= 0.6 is 15.9 Å². The third-order valence-corrected chi connectivity index (χ3v) is 4.00. The van der Waals surface area contributed by atoms with Gasteiger partial charge in [-0.15, -0.1) is 0 Å². The van der Waals surface area contributed by atoms with Gasteiger partial charge in [0.15, 0.2) is 0 Å². The molecular weight excluding hydrogens is 321 g/mol. The summed E-state index contributed by atoms with van der Waals surface area (Å²) in [6.07, 6.45) is 1.39. The molecule has 5 heteroatoms. The molecule has 0 saturated heterocycles. The number of nitrogens with two attached hydrogens (primary N) is 1. The van der Waals surface area contributed by atoms with Crippen LogP contribution in [0.5, 0.6) is 0 Å². The molecule has 0 aliphatic heterocycles. The SMILES string of the molecule is Cc1nn(C)c(C)c1CC(N)Cc1cc(F)cc(Br)c1. The van der Waals surface area contributed by atoms with E-state index < -0.39 is 0 Å². The number of rotatable bonds is 4. The minimum absolute atomic E-state index is 0.0506. The zero-order valence-corrected chi connectivity index (χ0v) is 13.5. The minimum Gasteiger partial charge on any atom is -0.327 e. The molecular formula is C15H19BrFN3. The lowest BCUT2D eigenvalue weighted by molar-refractivity contribution is 0.616. The summed E-state index contributed by atoms with van der Waals surface area (Å²) in [6.45, 7) is 4.04. The van der Waals surface area contributed by atoms with Gasteiger partial charge in [0.25, 0.3) is 0 Å². The van der Waals surface area contributed by atoms with Crippen LogP contribution < -0.4 is 5.73 Å². The van der Waals surface area contributed by atoms with Gasteiger partial charge in [-0.1, -0.05) is 15.9 Å². The highest BCUT2D eigenvalue weighted by molar-refractivity contribution is 9.10. The maximum atomic E-state index is 13.4. The number of hydrogen-bond donors (Lipinski definition) is 1. The molecule has 1 atom stereocenters. The maximum Gasteiger partial charge on any atom is 0.124 e. The zero-order valence-electron chi connectivity index (χ0n) is 12.0. The van der Waals surface area contributed by atoms with E-state index in [2.05, 4.69) is 21.0 Å². The standard InChI is InChI=1S/C15H19BrFN3/c1-9-15(10(2)20(3)19-9)8-14(18)6-11-4-12(16)7-13(17)5-11/h4-5,7,14H,6,8,18H2,1-3H3. The zero-order chi connectivity index (χ0) is 14.9. The van der Waals surface area contributed by atoms with E-state index in [9.17, 15) is 4.39 Å². The third kappa shape index (κ3) is 3.46. The van der Waals surface area contributed by atoms with Crippen molar-refractivity contribution < 1.29 is 4.39 Å². The van der Waals surface area contributed by atoms with Crippen LogP contribution in [-0.2, 0) is 19.9 Å². The average molecular weight is 340 g/mol. The van der Waals surface area contributed by atoms with Crippen molar-refractivity contribution >= 4 is 15.9 Å². The van der Waals surface area contributed by atoms with Crippen LogP contribution in [0.3, 0.4) is 0 Å². The predicted octanol–water partition coefficient (Wildman–Crippen LogP) is 3.05. The molecule has 0 amide bonds. The second-order valence-electron chi connectivity index (χ2n) is 5.22. The second-order valence-corrected chi connectivity index (χ2v) is 6.13. The Morgan fingerprint density at radius 1 is 1.30 bits per heavy atom. The summed E-state index contributed by atoms with van der Waals surface area (Å²) in [7, 11) is 1.93. The Bertz CT molecular complexity index is 602. The molecule has 2 N–H and O–H groups in total. The molecule has 1 heterocycles. The van der Waals surface area contributed by atoms with Crippen molar-refractivity contribution in [3.63, 3.8) is 0 Å². The fraction of sp³-hybridized carbons (Fsp3) is 0.400. The van der Waals surface area contributed by atoms with Gasteiger partial charge in [-0.2, -0.15) is 5.10 Å². The first kappa shape index (κ1) is 15.2. The molecule has 0 bridgehead atoms. The van der Waals surface area contributed by atoms with Gasteiger partial charge in [-0.25, -0.2) is 4.39 Å². The van der Waals surface area contributed by atoms with E-state index in [1.807, 2.05) is 31.6 Å². The Balaban J connectivity index is 2.10. The minimum atomic E-state index is -0.240. The number of aryl methyl sites for hydroxylation is 2. The van der Waals surface area contributed by atoms with Gasteiger partial charge in [-0.3, -0.25) is 4.68 Å². The summed E-state index contributed by atoms with van der Waals surface area (Å²) in [4.78, 5) is 0. The van der Waals surface area contributed by atoms with Crippen LogP contribution in [0.4, 0.5) is 4.39 Å². The molecule has 1 aromatic heterocycles. The van der Waals surface area contributed by atoms with E-state index in [1.54, 1.807) is 0 Å². The lowest BCUT2D eigenvalue weighted by atomic mass is 9.98. The maximum absolute atomic E-state index is 13.4. The normalized spacial score (nSPS) is 12.7. The predicted molar refractivity (Wildman–Crippen MR) is 82.2 cm³/mol. The van der Waals surface area contributed by atoms with Crippen molar-refractivity contribution in [1.29, 1.82) is 0 Å². The van der Waals surface area contributed by atoms with Gasteiger partial charge in [-0.05, 0) is 56.0 Å². The first-order valence-corrected chi connectivity index (χ1v) is 7.35. The summed E-state index contributed by atoms with van der Waals surface area (Å²) in [6, 6.07) is 4.84. The summed E-state index contributed by atoms with van der Waals surface area (Å²) in [5.41, 5.74) is 10.5. The van der Waals surface area contributed by atoms with Gasteiger partial charge < -0.3 is 5.73 Å². The molecule has 2 rings (SSSR count). The number of hydrogen-bond acceptors (Lipinski definition) is 2. The van der Waals surface area contributed by atoms with Gasteiger partial charge in [0.2, 0.25) is 0 Å². The van der Waals surface area contributed by atoms with Crippen LogP contribution in [0.25, 0.3) is 0 Å². The molecule has 3 nitrogen and oxygen atoms in total. The van der Waals surface area contributed by atoms with E-state index in [1.165, 1.54) is 17.7 Å². The van der Waals surface area contributed by atoms with Crippen LogP contribution in [0, 0.1) is 19.7 Å². The number of benzene rings is 1.